The van der Waals surface area contributed by atoms with Gasteiger partial charge in [-0.05, 0) is 31.7 Å². The molecule has 20 heavy (non-hydrogen) atoms. The Balaban J connectivity index is 1.99. The van der Waals surface area contributed by atoms with E-state index in [2.05, 4.69) is 19.1 Å². The monoisotopic (exact) mass is 275 g/mol. The SMILES string of the molecule is CC[C@H](CC(=O)N1C[C@@H](C)O[C@@H](C)C1)c1ccccc1. The minimum Gasteiger partial charge on any atom is -0.372 e. The zero-order chi connectivity index (χ0) is 14.5. The smallest absolute Gasteiger partial charge is 0.223 e. The molecule has 2 rings (SSSR count). The zero-order valence-electron chi connectivity index (χ0n) is 12.7. The molecule has 1 heterocycles. The largest absolute Gasteiger partial charge is 0.372 e. The molecule has 3 heteroatoms. The van der Waals surface area contributed by atoms with Gasteiger partial charge in [0, 0.05) is 19.5 Å². The lowest BCUT2D eigenvalue weighted by atomic mass is 9.92. The van der Waals surface area contributed by atoms with Gasteiger partial charge in [-0.3, -0.25) is 4.79 Å². The van der Waals surface area contributed by atoms with E-state index in [1.807, 2.05) is 36.9 Å². The van der Waals surface area contributed by atoms with Gasteiger partial charge in [0.2, 0.25) is 5.91 Å². The van der Waals surface area contributed by atoms with Crippen LogP contribution >= 0.6 is 0 Å². The highest BCUT2D eigenvalue weighted by Crippen LogP contribution is 2.24. The molecule has 0 N–H and O–H groups in total. The lowest BCUT2D eigenvalue weighted by molar-refractivity contribution is -0.143. The third kappa shape index (κ3) is 3.83. The van der Waals surface area contributed by atoms with Crippen LogP contribution in [-0.2, 0) is 9.53 Å². The lowest BCUT2D eigenvalue weighted by Gasteiger charge is -2.36. The number of hydrogen-bond acceptors (Lipinski definition) is 2. The van der Waals surface area contributed by atoms with Crippen LogP contribution in [0.3, 0.4) is 0 Å². The van der Waals surface area contributed by atoms with Crippen LogP contribution in [0, 0.1) is 0 Å². The highest BCUT2D eigenvalue weighted by molar-refractivity contribution is 5.77. The highest BCUT2D eigenvalue weighted by atomic mass is 16.5. The number of nitrogens with zero attached hydrogens (tertiary/aromatic N) is 1. The summed E-state index contributed by atoms with van der Waals surface area (Å²) in [5.41, 5.74) is 1.26. The van der Waals surface area contributed by atoms with Crippen LogP contribution in [0.5, 0.6) is 0 Å². The molecule has 1 saturated heterocycles. The summed E-state index contributed by atoms with van der Waals surface area (Å²) >= 11 is 0. The number of ether oxygens (including phenoxy) is 1. The maximum absolute atomic E-state index is 12.5. The first kappa shape index (κ1) is 15.0. The molecule has 0 aromatic heterocycles. The van der Waals surface area contributed by atoms with Gasteiger partial charge in [0.15, 0.2) is 0 Å². The van der Waals surface area contributed by atoms with Crippen LogP contribution < -0.4 is 0 Å². The maximum Gasteiger partial charge on any atom is 0.223 e. The molecular formula is C17H25NO2. The van der Waals surface area contributed by atoms with Crippen molar-refractivity contribution >= 4 is 5.91 Å². The summed E-state index contributed by atoms with van der Waals surface area (Å²) in [5, 5.41) is 0. The van der Waals surface area contributed by atoms with Gasteiger partial charge in [-0.25, -0.2) is 0 Å². The van der Waals surface area contributed by atoms with Gasteiger partial charge in [0.25, 0.3) is 0 Å². The predicted octanol–water partition coefficient (Wildman–Crippen LogP) is 3.21. The number of rotatable bonds is 4. The van der Waals surface area contributed by atoms with E-state index in [0.29, 0.717) is 25.4 Å². The molecule has 0 aliphatic carbocycles. The van der Waals surface area contributed by atoms with Gasteiger partial charge in [-0.1, -0.05) is 37.3 Å². The normalized spacial score (nSPS) is 24.4. The van der Waals surface area contributed by atoms with Crippen molar-refractivity contribution in [1.82, 2.24) is 4.90 Å². The van der Waals surface area contributed by atoms with E-state index in [1.54, 1.807) is 0 Å². The first-order valence-corrected chi connectivity index (χ1v) is 7.58. The molecule has 0 radical (unpaired) electrons. The molecule has 1 aliphatic rings. The summed E-state index contributed by atoms with van der Waals surface area (Å²) in [6.07, 6.45) is 1.87. The fourth-order valence-corrected chi connectivity index (χ4v) is 2.94. The van der Waals surface area contributed by atoms with E-state index in [4.69, 9.17) is 4.74 Å². The molecule has 3 nitrogen and oxygen atoms in total. The van der Waals surface area contributed by atoms with Gasteiger partial charge >= 0.3 is 0 Å². The number of carbonyl (C=O) groups excluding carboxylic acids is 1. The van der Waals surface area contributed by atoms with E-state index in [0.717, 1.165) is 6.42 Å². The fourth-order valence-electron chi connectivity index (χ4n) is 2.94. The second-order valence-corrected chi connectivity index (χ2v) is 5.78. The second-order valence-electron chi connectivity index (χ2n) is 5.78. The lowest BCUT2D eigenvalue weighted by Crippen LogP contribution is -2.48. The molecule has 1 aromatic rings. The standard InChI is InChI=1S/C17H25NO2/c1-4-15(16-8-6-5-7-9-16)10-17(19)18-11-13(2)20-14(3)12-18/h5-9,13-15H,4,10-12H2,1-3H3/t13-,14+,15-/m1/s1. The van der Waals surface area contributed by atoms with Gasteiger partial charge in [-0.2, -0.15) is 0 Å². The van der Waals surface area contributed by atoms with Crippen LogP contribution in [-0.4, -0.2) is 36.1 Å². The number of carbonyl (C=O) groups is 1. The third-order valence-corrected chi connectivity index (χ3v) is 3.96. The third-order valence-electron chi connectivity index (χ3n) is 3.96. The first-order valence-electron chi connectivity index (χ1n) is 7.58. The minimum atomic E-state index is 0.138. The number of amides is 1. The van der Waals surface area contributed by atoms with Gasteiger partial charge < -0.3 is 9.64 Å². The molecule has 0 unspecified atom stereocenters. The van der Waals surface area contributed by atoms with Crippen molar-refractivity contribution in [1.29, 1.82) is 0 Å². The van der Waals surface area contributed by atoms with Crippen LogP contribution in [0.25, 0.3) is 0 Å². The molecule has 0 spiro atoms. The summed E-state index contributed by atoms with van der Waals surface area (Å²) in [5.74, 6) is 0.569. The van der Waals surface area contributed by atoms with Crippen molar-refractivity contribution < 1.29 is 9.53 Å². The van der Waals surface area contributed by atoms with E-state index < -0.39 is 0 Å². The van der Waals surface area contributed by atoms with E-state index in [9.17, 15) is 4.79 Å². The van der Waals surface area contributed by atoms with Crippen LogP contribution in [0.4, 0.5) is 0 Å². The Kier molecular flexibility index (Phi) is 5.18. The summed E-state index contributed by atoms with van der Waals surface area (Å²) in [6, 6.07) is 10.3. The average molecular weight is 275 g/mol. The summed E-state index contributed by atoms with van der Waals surface area (Å²) in [6.45, 7) is 7.65. The molecule has 0 bridgehead atoms. The number of morpholine rings is 1. The maximum atomic E-state index is 12.5. The van der Waals surface area contributed by atoms with Crippen molar-refractivity contribution in [3.63, 3.8) is 0 Å². The van der Waals surface area contributed by atoms with Crippen molar-refractivity contribution in [2.75, 3.05) is 13.1 Å². The number of hydrogen-bond donors (Lipinski definition) is 0. The van der Waals surface area contributed by atoms with Gasteiger partial charge in [0.1, 0.15) is 0 Å². The molecular weight excluding hydrogens is 250 g/mol. The van der Waals surface area contributed by atoms with Crippen molar-refractivity contribution in [2.45, 2.75) is 51.7 Å². The molecule has 1 amide bonds. The van der Waals surface area contributed by atoms with E-state index >= 15 is 0 Å². The Morgan fingerprint density at radius 3 is 2.40 bits per heavy atom. The van der Waals surface area contributed by atoms with E-state index in [-0.39, 0.29) is 18.1 Å². The molecule has 1 aromatic carbocycles. The van der Waals surface area contributed by atoms with Crippen LogP contribution in [0.2, 0.25) is 0 Å². The Labute approximate surface area is 121 Å². The van der Waals surface area contributed by atoms with Crippen molar-refractivity contribution in [3.8, 4) is 0 Å². The Morgan fingerprint density at radius 1 is 1.25 bits per heavy atom. The Hall–Kier alpha value is -1.35. The predicted molar refractivity (Wildman–Crippen MR) is 80.7 cm³/mol. The molecule has 0 saturated carbocycles. The Morgan fingerprint density at radius 2 is 1.85 bits per heavy atom. The van der Waals surface area contributed by atoms with Gasteiger partial charge in [0.05, 0.1) is 12.2 Å². The number of benzene rings is 1. The van der Waals surface area contributed by atoms with E-state index in [1.165, 1.54) is 5.56 Å². The van der Waals surface area contributed by atoms with Crippen molar-refractivity contribution in [3.05, 3.63) is 35.9 Å². The molecule has 1 fully saturated rings. The van der Waals surface area contributed by atoms with Crippen molar-refractivity contribution in [2.24, 2.45) is 0 Å². The van der Waals surface area contributed by atoms with Gasteiger partial charge in [-0.15, -0.1) is 0 Å². The summed E-state index contributed by atoms with van der Waals surface area (Å²) in [4.78, 5) is 14.5. The second kappa shape index (κ2) is 6.89. The highest BCUT2D eigenvalue weighted by Gasteiger charge is 2.27. The van der Waals surface area contributed by atoms with Crippen LogP contribution in [0.15, 0.2) is 30.3 Å². The summed E-state index contributed by atoms with van der Waals surface area (Å²) in [7, 11) is 0. The minimum absolute atomic E-state index is 0.138. The molecule has 3 atom stereocenters. The topological polar surface area (TPSA) is 29.5 Å². The molecule has 110 valence electrons. The average Bonchev–Trinajstić information content (AvgIpc) is 2.44. The zero-order valence-corrected chi connectivity index (χ0v) is 12.7. The first-order chi connectivity index (χ1) is 9.60. The van der Waals surface area contributed by atoms with Crippen LogP contribution in [0.1, 0.15) is 45.1 Å². The fraction of sp³-hybridized carbons (Fsp3) is 0.588. The molecule has 1 aliphatic heterocycles. The summed E-state index contributed by atoms with van der Waals surface area (Å²) < 4.78 is 5.69. The Bertz CT molecular complexity index is 422. The quantitative estimate of drug-likeness (QED) is 0.844.